The molecule has 1 unspecified atom stereocenters. The summed E-state index contributed by atoms with van der Waals surface area (Å²) >= 11 is 0. The summed E-state index contributed by atoms with van der Waals surface area (Å²) in [5.41, 5.74) is 7.78. The maximum Gasteiger partial charge on any atom is 0.317 e. The highest BCUT2D eigenvalue weighted by Crippen LogP contribution is 2.30. The number of nitrogens with zero attached hydrogens (tertiary/aromatic N) is 1. The molecule has 0 aliphatic rings. The Balaban J connectivity index is 2.15. The first-order valence-electron chi connectivity index (χ1n) is 6.56. The Morgan fingerprint density at radius 2 is 2.14 bits per heavy atom. The lowest BCUT2D eigenvalue weighted by molar-refractivity contribution is -0.141. The van der Waals surface area contributed by atoms with Crippen molar-refractivity contribution in [2.24, 2.45) is 0 Å². The maximum atomic E-state index is 14.2. The van der Waals surface area contributed by atoms with Crippen LogP contribution in [0.3, 0.4) is 0 Å². The molecule has 1 atom stereocenters. The van der Waals surface area contributed by atoms with Gasteiger partial charge in [-0.3, -0.25) is 4.79 Å². The number of benzene rings is 2. The Hall–Kier alpha value is -2.89. The van der Waals surface area contributed by atoms with Crippen LogP contribution in [0.5, 0.6) is 0 Å². The Morgan fingerprint density at radius 1 is 1.32 bits per heavy atom. The van der Waals surface area contributed by atoms with Crippen molar-refractivity contribution in [3.8, 4) is 0 Å². The number of fused-ring (bicyclic) bond motifs is 1. The van der Waals surface area contributed by atoms with Gasteiger partial charge in [-0.05, 0) is 29.8 Å². The highest BCUT2D eigenvalue weighted by Gasteiger charge is 2.27. The lowest BCUT2D eigenvalue weighted by Crippen LogP contribution is -2.17. The lowest BCUT2D eigenvalue weighted by Gasteiger charge is -2.16. The number of ether oxygens (including phenoxy) is 1. The first kappa shape index (κ1) is 14.1. The zero-order chi connectivity index (χ0) is 15.7. The first-order valence-corrected chi connectivity index (χ1v) is 6.56. The van der Waals surface area contributed by atoms with E-state index in [4.69, 9.17) is 14.9 Å². The molecular formula is C16H13FN2O3. The minimum absolute atomic E-state index is 0.198. The van der Waals surface area contributed by atoms with E-state index in [0.717, 1.165) is 0 Å². The van der Waals surface area contributed by atoms with Crippen molar-refractivity contribution in [1.29, 1.82) is 0 Å². The molecule has 112 valence electrons. The van der Waals surface area contributed by atoms with Crippen LogP contribution in [0.25, 0.3) is 11.1 Å². The second kappa shape index (κ2) is 5.48. The zero-order valence-electron chi connectivity index (χ0n) is 11.7. The smallest absolute Gasteiger partial charge is 0.317 e. The Labute approximate surface area is 125 Å². The van der Waals surface area contributed by atoms with E-state index in [2.05, 4.69) is 4.98 Å². The molecule has 0 radical (unpaired) electrons. The maximum absolute atomic E-state index is 14.2. The predicted octanol–water partition coefficient (Wildman–Crippen LogP) is 2.85. The van der Waals surface area contributed by atoms with Crippen molar-refractivity contribution in [2.75, 3.05) is 12.8 Å². The molecule has 5 nitrogen and oxygen atoms in total. The number of carbonyl (C=O) groups excluding carboxylic acids is 1. The number of hydrogen-bond donors (Lipinski definition) is 1. The van der Waals surface area contributed by atoms with Gasteiger partial charge in [-0.2, -0.15) is 0 Å². The topological polar surface area (TPSA) is 78.3 Å². The number of rotatable bonds is 3. The number of halogens is 1. The highest BCUT2D eigenvalue weighted by atomic mass is 19.1. The van der Waals surface area contributed by atoms with Crippen molar-refractivity contribution < 1.29 is 18.3 Å². The Kier molecular flexibility index (Phi) is 3.50. The van der Waals surface area contributed by atoms with Crippen LogP contribution >= 0.6 is 0 Å². The molecule has 0 aliphatic carbocycles. The zero-order valence-corrected chi connectivity index (χ0v) is 11.7. The number of esters is 1. The van der Waals surface area contributed by atoms with Crippen molar-refractivity contribution in [1.82, 2.24) is 4.98 Å². The predicted molar refractivity (Wildman–Crippen MR) is 78.7 cm³/mol. The number of nitrogen functional groups attached to an aromatic ring is 1. The molecule has 1 aromatic heterocycles. The minimum atomic E-state index is -0.897. The molecule has 0 spiro atoms. The molecule has 22 heavy (non-hydrogen) atoms. The van der Waals surface area contributed by atoms with Crippen LogP contribution in [0.2, 0.25) is 0 Å². The third-order valence-corrected chi connectivity index (χ3v) is 3.46. The fraction of sp³-hybridized carbons (Fsp3) is 0.125. The van der Waals surface area contributed by atoms with Gasteiger partial charge in [0, 0.05) is 11.3 Å². The number of oxazole rings is 1. The summed E-state index contributed by atoms with van der Waals surface area (Å²) in [7, 11) is 1.26. The van der Waals surface area contributed by atoms with Gasteiger partial charge in [-0.25, -0.2) is 9.37 Å². The van der Waals surface area contributed by atoms with Gasteiger partial charge < -0.3 is 14.9 Å². The third kappa shape index (κ3) is 2.39. The van der Waals surface area contributed by atoms with Crippen LogP contribution in [-0.4, -0.2) is 18.1 Å². The standard InChI is InChI=1S/C16H13FN2O3/c1-21-16(20)15(11-4-3-10(18)7-12(11)17)9-2-5-14-13(6-9)19-8-22-14/h2-8,15H,18H2,1H3. The number of aromatic nitrogens is 1. The Bertz CT molecular complexity index is 844. The summed E-state index contributed by atoms with van der Waals surface area (Å²) in [5, 5.41) is 0. The summed E-state index contributed by atoms with van der Waals surface area (Å²) in [6, 6.07) is 9.26. The number of nitrogens with two attached hydrogens (primary N) is 1. The molecule has 2 aromatic carbocycles. The van der Waals surface area contributed by atoms with Crippen LogP contribution in [0, 0.1) is 5.82 Å². The van der Waals surface area contributed by atoms with E-state index in [0.29, 0.717) is 16.7 Å². The monoisotopic (exact) mass is 300 g/mol. The summed E-state index contributed by atoms with van der Waals surface area (Å²) in [6.07, 6.45) is 1.31. The quantitative estimate of drug-likeness (QED) is 0.594. The van der Waals surface area contributed by atoms with E-state index in [1.54, 1.807) is 24.3 Å². The van der Waals surface area contributed by atoms with Gasteiger partial charge in [-0.15, -0.1) is 0 Å². The fourth-order valence-electron chi connectivity index (χ4n) is 2.39. The van der Waals surface area contributed by atoms with Crippen LogP contribution in [0.1, 0.15) is 17.0 Å². The SMILES string of the molecule is COC(=O)C(c1ccc2ocnc2c1)c1ccc(N)cc1F. The van der Waals surface area contributed by atoms with E-state index >= 15 is 0 Å². The normalized spacial score (nSPS) is 12.3. The van der Waals surface area contributed by atoms with E-state index in [-0.39, 0.29) is 11.3 Å². The van der Waals surface area contributed by atoms with E-state index in [1.165, 1.54) is 25.6 Å². The van der Waals surface area contributed by atoms with Crippen LogP contribution in [0.15, 0.2) is 47.2 Å². The largest absolute Gasteiger partial charge is 0.468 e. The number of anilines is 1. The highest BCUT2D eigenvalue weighted by molar-refractivity contribution is 5.84. The molecule has 0 saturated heterocycles. The van der Waals surface area contributed by atoms with Gasteiger partial charge in [0.05, 0.1) is 7.11 Å². The van der Waals surface area contributed by atoms with Gasteiger partial charge in [-0.1, -0.05) is 12.1 Å². The molecule has 0 saturated carbocycles. The van der Waals surface area contributed by atoms with Crippen molar-refractivity contribution in [2.45, 2.75) is 5.92 Å². The summed E-state index contributed by atoms with van der Waals surface area (Å²) in [5.74, 6) is -2.02. The summed E-state index contributed by atoms with van der Waals surface area (Å²) < 4.78 is 24.2. The van der Waals surface area contributed by atoms with Crippen LogP contribution in [0.4, 0.5) is 10.1 Å². The molecule has 3 aromatic rings. The van der Waals surface area contributed by atoms with Crippen molar-refractivity contribution >= 4 is 22.8 Å². The molecule has 0 bridgehead atoms. The van der Waals surface area contributed by atoms with Gasteiger partial charge in [0.15, 0.2) is 12.0 Å². The third-order valence-electron chi connectivity index (χ3n) is 3.46. The van der Waals surface area contributed by atoms with Gasteiger partial charge >= 0.3 is 5.97 Å². The molecule has 6 heteroatoms. The summed E-state index contributed by atoms with van der Waals surface area (Å²) in [4.78, 5) is 16.2. The van der Waals surface area contributed by atoms with Crippen LogP contribution < -0.4 is 5.73 Å². The molecule has 0 fully saturated rings. The minimum Gasteiger partial charge on any atom is -0.468 e. The average Bonchev–Trinajstić information content (AvgIpc) is 2.97. The average molecular weight is 300 g/mol. The van der Waals surface area contributed by atoms with E-state index < -0.39 is 17.7 Å². The number of hydrogen-bond acceptors (Lipinski definition) is 5. The van der Waals surface area contributed by atoms with Gasteiger partial charge in [0.25, 0.3) is 0 Å². The first-order chi connectivity index (χ1) is 10.6. The van der Waals surface area contributed by atoms with Crippen molar-refractivity contribution in [3.63, 3.8) is 0 Å². The number of methoxy groups -OCH3 is 1. The van der Waals surface area contributed by atoms with Crippen LogP contribution in [-0.2, 0) is 9.53 Å². The fourth-order valence-corrected chi connectivity index (χ4v) is 2.39. The second-order valence-corrected chi connectivity index (χ2v) is 4.82. The summed E-state index contributed by atoms with van der Waals surface area (Å²) in [6.45, 7) is 0. The molecular weight excluding hydrogens is 287 g/mol. The molecule has 0 amide bonds. The number of carbonyl (C=O) groups is 1. The molecule has 3 rings (SSSR count). The molecule has 1 heterocycles. The molecule has 2 N–H and O–H groups in total. The second-order valence-electron chi connectivity index (χ2n) is 4.82. The van der Waals surface area contributed by atoms with E-state index in [9.17, 15) is 9.18 Å². The molecule has 0 aliphatic heterocycles. The van der Waals surface area contributed by atoms with E-state index in [1.807, 2.05) is 0 Å². The Morgan fingerprint density at radius 3 is 2.86 bits per heavy atom. The van der Waals surface area contributed by atoms with Gasteiger partial charge in [0.1, 0.15) is 17.3 Å². The van der Waals surface area contributed by atoms with Gasteiger partial charge in [0.2, 0.25) is 0 Å². The lowest BCUT2D eigenvalue weighted by atomic mass is 9.90. The van der Waals surface area contributed by atoms with Crippen molar-refractivity contribution in [3.05, 3.63) is 59.7 Å².